The molecule has 17 heavy (non-hydrogen) atoms. The second kappa shape index (κ2) is 4.44. The number of aromatic nitrogens is 3. The number of nitrogens with zero attached hydrogens (tertiary/aromatic N) is 3. The summed E-state index contributed by atoms with van der Waals surface area (Å²) < 4.78 is 1.27. The zero-order chi connectivity index (χ0) is 12.5. The molecule has 90 valence electrons. The first kappa shape index (κ1) is 12.0. The lowest BCUT2D eigenvalue weighted by Crippen LogP contribution is -2.37. The molecule has 0 unspecified atom stereocenters. The molecule has 2 rings (SSSR count). The van der Waals surface area contributed by atoms with Gasteiger partial charge >= 0.3 is 0 Å². The number of alkyl halides is 1. The maximum Gasteiger partial charge on any atom is 0.236 e. The number of rotatable bonds is 3. The highest BCUT2D eigenvalue weighted by atomic mass is 79.9. The van der Waals surface area contributed by atoms with Crippen LogP contribution in [0, 0.1) is 0 Å². The van der Waals surface area contributed by atoms with E-state index >= 15 is 0 Å². The molecule has 0 atom stereocenters. The van der Waals surface area contributed by atoms with E-state index in [1.165, 1.54) is 0 Å². The SMILES string of the molecule is CC(C)(Br)C(=O)NCc1nnc2ccccn12. The van der Waals surface area contributed by atoms with Gasteiger partial charge in [-0.25, -0.2) is 0 Å². The van der Waals surface area contributed by atoms with Crippen LogP contribution >= 0.6 is 15.9 Å². The second-order valence-electron chi connectivity index (χ2n) is 4.20. The standard InChI is InChI=1S/C11H13BrN4O/c1-11(2,12)10(17)13-7-9-15-14-8-5-3-4-6-16(8)9/h3-6H,7H2,1-2H3,(H,13,17). The van der Waals surface area contributed by atoms with Gasteiger partial charge in [-0.2, -0.15) is 0 Å². The highest BCUT2D eigenvalue weighted by Crippen LogP contribution is 2.15. The molecule has 0 spiro atoms. The maximum atomic E-state index is 11.7. The molecule has 0 aliphatic heterocycles. The summed E-state index contributed by atoms with van der Waals surface area (Å²) in [5, 5.41) is 10.8. The summed E-state index contributed by atoms with van der Waals surface area (Å²) in [7, 11) is 0. The molecule has 0 fully saturated rings. The summed E-state index contributed by atoms with van der Waals surface area (Å²) in [5.74, 6) is 0.635. The Labute approximate surface area is 107 Å². The van der Waals surface area contributed by atoms with Gasteiger partial charge in [0, 0.05) is 6.20 Å². The minimum atomic E-state index is -0.576. The van der Waals surface area contributed by atoms with Gasteiger partial charge in [-0.3, -0.25) is 9.20 Å². The van der Waals surface area contributed by atoms with Crippen molar-refractivity contribution in [2.24, 2.45) is 0 Å². The highest BCUT2D eigenvalue weighted by molar-refractivity contribution is 9.10. The van der Waals surface area contributed by atoms with Gasteiger partial charge in [0.05, 0.1) is 10.9 Å². The van der Waals surface area contributed by atoms with Crippen molar-refractivity contribution in [3.05, 3.63) is 30.2 Å². The molecule has 5 nitrogen and oxygen atoms in total. The fourth-order valence-electron chi connectivity index (χ4n) is 1.38. The third kappa shape index (κ3) is 2.63. The van der Waals surface area contributed by atoms with Gasteiger partial charge in [0.1, 0.15) is 0 Å². The third-order valence-electron chi connectivity index (χ3n) is 2.33. The van der Waals surface area contributed by atoms with Gasteiger partial charge in [0.25, 0.3) is 0 Å². The van der Waals surface area contributed by atoms with Crippen LogP contribution in [0.5, 0.6) is 0 Å². The van der Waals surface area contributed by atoms with Gasteiger partial charge in [-0.1, -0.05) is 22.0 Å². The number of carbonyl (C=O) groups is 1. The molecule has 1 N–H and O–H groups in total. The number of carbonyl (C=O) groups excluding carboxylic acids is 1. The predicted molar refractivity (Wildman–Crippen MR) is 67.8 cm³/mol. The van der Waals surface area contributed by atoms with E-state index in [9.17, 15) is 4.79 Å². The Morgan fingerprint density at radius 1 is 1.47 bits per heavy atom. The van der Waals surface area contributed by atoms with Gasteiger partial charge < -0.3 is 5.32 Å². The van der Waals surface area contributed by atoms with Crippen LogP contribution in [0.1, 0.15) is 19.7 Å². The van der Waals surface area contributed by atoms with Crippen LogP contribution in [-0.4, -0.2) is 24.8 Å². The van der Waals surface area contributed by atoms with Crippen LogP contribution in [-0.2, 0) is 11.3 Å². The normalized spacial score (nSPS) is 11.7. The van der Waals surface area contributed by atoms with Crippen LogP contribution in [0.15, 0.2) is 24.4 Å². The number of amides is 1. The topological polar surface area (TPSA) is 59.3 Å². The minimum absolute atomic E-state index is 0.0785. The first-order valence-corrected chi connectivity index (χ1v) is 6.03. The largest absolute Gasteiger partial charge is 0.348 e. The molecule has 2 aromatic heterocycles. The van der Waals surface area contributed by atoms with Crippen LogP contribution < -0.4 is 5.32 Å². The van der Waals surface area contributed by atoms with Crippen molar-refractivity contribution in [3.63, 3.8) is 0 Å². The number of hydrogen-bond donors (Lipinski definition) is 1. The van der Waals surface area contributed by atoms with Crippen molar-refractivity contribution in [2.45, 2.75) is 24.7 Å². The Morgan fingerprint density at radius 3 is 2.94 bits per heavy atom. The average Bonchev–Trinajstić information content (AvgIpc) is 2.68. The van der Waals surface area contributed by atoms with Gasteiger partial charge in [0.15, 0.2) is 11.5 Å². The Bertz CT molecular complexity index is 544. The molecule has 0 bridgehead atoms. The number of nitrogens with one attached hydrogen (secondary N) is 1. The van der Waals surface area contributed by atoms with E-state index in [1.807, 2.05) is 28.8 Å². The van der Waals surface area contributed by atoms with Crippen LogP contribution in [0.3, 0.4) is 0 Å². The lowest BCUT2D eigenvalue weighted by atomic mass is 10.2. The molecule has 0 aliphatic carbocycles. The van der Waals surface area contributed by atoms with Crippen molar-refractivity contribution in [1.29, 1.82) is 0 Å². The average molecular weight is 297 g/mol. The zero-order valence-corrected chi connectivity index (χ0v) is 11.2. The van der Waals surface area contributed by atoms with E-state index in [1.54, 1.807) is 13.8 Å². The molecule has 6 heteroatoms. The van der Waals surface area contributed by atoms with E-state index in [4.69, 9.17) is 0 Å². The molecule has 0 aromatic carbocycles. The number of hydrogen-bond acceptors (Lipinski definition) is 3. The molecular weight excluding hydrogens is 284 g/mol. The molecular formula is C11H13BrN4O. The van der Waals surface area contributed by atoms with E-state index in [0.717, 1.165) is 5.65 Å². The highest BCUT2D eigenvalue weighted by Gasteiger charge is 2.23. The summed E-state index contributed by atoms with van der Waals surface area (Å²) in [5.41, 5.74) is 0.773. The van der Waals surface area contributed by atoms with Crippen molar-refractivity contribution in [3.8, 4) is 0 Å². The molecule has 2 heterocycles. The molecule has 0 saturated heterocycles. The Kier molecular flexibility index (Phi) is 3.15. The van der Waals surface area contributed by atoms with Crippen molar-refractivity contribution in [2.75, 3.05) is 0 Å². The van der Waals surface area contributed by atoms with Crippen molar-refractivity contribution < 1.29 is 4.79 Å². The van der Waals surface area contributed by atoms with E-state index in [0.29, 0.717) is 12.4 Å². The molecule has 0 radical (unpaired) electrons. The minimum Gasteiger partial charge on any atom is -0.348 e. The van der Waals surface area contributed by atoms with Crippen LogP contribution in [0.2, 0.25) is 0 Å². The summed E-state index contributed by atoms with van der Waals surface area (Å²) in [6.07, 6.45) is 1.87. The fraction of sp³-hybridized carbons (Fsp3) is 0.364. The molecule has 0 saturated carbocycles. The van der Waals surface area contributed by atoms with Crippen molar-refractivity contribution >= 4 is 27.5 Å². The number of fused-ring (bicyclic) bond motifs is 1. The lowest BCUT2D eigenvalue weighted by Gasteiger charge is -2.15. The Balaban J connectivity index is 2.12. The molecule has 2 aromatic rings. The second-order valence-corrected chi connectivity index (χ2v) is 6.18. The predicted octanol–water partition coefficient (Wildman–Crippen LogP) is 1.52. The van der Waals surface area contributed by atoms with E-state index in [-0.39, 0.29) is 5.91 Å². The quantitative estimate of drug-likeness (QED) is 0.874. The van der Waals surface area contributed by atoms with Gasteiger partial charge in [-0.15, -0.1) is 10.2 Å². The third-order valence-corrected chi connectivity index (χ3v) is 2.69. The van der Waals surface area contributed by atoms with E-state index < -0.39 is 4.32 Å². The number of pyridine rings is 1. The van der Waals surface area contributed by atoms with Gasteiger partial charge in [0.2, 0.25) is 5.91 Å². The molecule has 0 aliphatic rings. The van der Waals surface area contributed by atoms with Crippen LogP contribution in [0.25, 0.3) is 5.65 Å². The molecule has 1 amide bonds. The van der Waals surface area contributed by atoms with Gasteiger partial charge in [-0.05, 0) is 26.0 Å². The fourth-order valence-corrected chi connectivity index (χ4v) is 1.52. The Morgan fingerprint density at radius 2 is 2.24 bits per heavy atom. The van der Waals surface area contributed by atoms with Crippen molar-refractivity contribution in [1.82, 2.24) is 19.9 Å². The zero-order valence-electron chi connectivity index (χ0n) is 9.64. The summed E-state index contributed by atoms with van der Waals surface area (Å²) in [6.45, 7) is 3.95. The Hall–Kier alpha value is -1.43. The summed E-state index contributed by atoms with van der Waals surface area (Å²) in [4.78, 5) is 11.7. The monoisotopic (exact) mass is 296 g/mol. The first-order chi connectivity index (χ1) is 7.98. The smallest absolute Gasteiger partial charge is 0.236 e. The lowest BCUT2D eigenvalue weighted by molar-refractivity contribution is -0.122. The summed E-state index contributed by atoms with van der Waals surface area (Å²) >= 11 is 3.30. The van der Waals surface area contributed by atoms with E-state index in [2.05, 4.69) is 31.4 Å². The first-order valence-electron chi connectivity index (χ1n) is 5.24. The van der Waals surface area contributed by atoms with Crippen LogP contribution in [0.4, 0.5) is 0 Å². The number of halogens is 1. The summed E-state index contributed by atoms with van der Waals surface area (Å²) in [6, 6.07) is 5.66. The maximum absolute atomic E-state index is 11.7.